The van der Waals surface area contributed by atoms with Gasteiger partial charge in [-0.2, -0.15) is 13.2 Å². The smallest absolute Gasteiger partial charge is 0.416 e. The number of hydrogen-bond donors (Lipinski definition) is 3. The van der Waals surface area contributed by atoms with E-state index in [4.69, 9.17) is 9.52 Å². The van der Waals surface area contributed by atoms with E-state index in [1.54, 1.807) is 6.07 Å². The van der Waals surface area contributed by atoms with E-state index < -0.39 is 27.7 Å². The number of hydrogen-bond acceptors (Lipinski definition) is 5. The third-order valence-corrected chi connectivity index (χ3v) is 6.05. The number of halogens is 3. The van der Waals surface area contributed by atoms with Crippen LogP contribution in [0.4, 0.5) is 24.5 Å². The number of fused-ring (bicyclic) bond motifs is 1. The Morgan fingerprint density at radius 1 is 1.06 bits per heavy atom. The van der Waals surface area contributed by atoms with Crippen molar-refractivity contribution in [2.45, 2.75) is 17.7 Å². The van der Waals surface area contributed by atoms with Crippen LogP contribution in [-0.4, -0.2) is 19.4 Å². The van der Waals surface area contributed by atoms with E-state index in [2.05, 4.69) is 10.0 Å². The van der Waals surface area contributed by atoms with Gasteiger partial charge in [0.15, 0.2) is 0 Å². The number of anilines is 2. The number of aliphatic hydroxyl groups excluding tert-OH is 1. The largest absolute Gasteiger partial charge is 0.459 e. The number of furan rings is 1. The molecule has 1 amide bonds. The van der Waals surface area contributed by atoms with Gasteiger partial charge in [-0.05, 0) is 60.7 Å². The highest BCUT2D eigenvalue weighted by Gasteiger charge is 2.30. The van der Waals surface area contributed by atoms with Gasteiger partial charge >= 0.3 is 6.18 Å². The Morgan fingerprint density at radius 3 is 2.41 bits per heavy atom. The van der Waals surface area contributed by atoms with E-state index >= 15 is 0 Å². The number of amides is 1. The van der Waals surface area contributed by atoms with Gasteiger partial charge in [0.2, 0.25) is 0 Å². The average Bonchev–Trinajstić information content (AvgIpc) is 3.31. The Hall–Kier alpha value is -3.57. The third kappa shape index (κ3) is 4.25. The van der Waals surface area contributed by atoms with Crippen molar-refractivity contribution in [2.24, 2.45) is 0 Å². The minimum absolute atomic E-state index is 0.0458. The second-order valence-electron chi connectivity index (χ2n) is 6.86. The molecule has 0 unspecified atom stereocenters. The highest BCUT2D eigenvalue weighted by atomic mass is 32.2. The molecule has 4 rings (SSSR count). The molecule has 1 aliphatic heterocycles. The zero-order chi connectivity index (χ0) is 23.1. The van der Waals surface area contributed by atoms with Crippen LogP contribution in [0.2, 0.25) is 0 Å². The molecule has 2 aromatic carbocycles. The van der Waals surface area contributed by atoms with Crippen molar-refractivity contribution in [2.75, 3.05) is 10.0 Å². The molecular formula is C21H15F3N2O5S. The van der Waals surface area contributed by atoms with Crippen LogP contribution in [0.15, 0.2) is 63.9 Å². The van der Waals surface area contributed by atoms with Crippen LogP contribution in [-0.2, 0) is 27.6 Å². The van der Waals surface area contributed by atoms with Crippen LogP contribution < -0.4 is 10.0 Å². The Morgan fingerprint density at radius 2 is 1.78 bits per heavy atom. The summed E-state index contributed by atoms with van der Waals surface area (Å²) in [6, 6.07) is 10.6. The Balaban J connectivity index is 1.64. The molecular weight excluding hydrogens is 449 g/mol. The lowest BCUT2D eigenvalue weighted by Gasteiger charge is -2.11. The van der Waals surface area contributed by atoms with Crippen molar-refractivity contribution < 1.29 is 35.9 Å². The molecule has 0 atom stereocenters. The standard InChI is InChI=1S/C21H15F3N2O5S/c22-21(23,24)12-1-3-13(4-2-12)26-32(29,30)16-7-8-19-17(10-16)18(20(28)25-19)9-14-5-6-15(11-27)31-14/h1-10,26-27H,11H2,(H,25,28). The maximum atomic E-state index is 12.8. The molecule has 11 heteroatoms. The summed E-state index contributed by atoms with van der Waals surface area (Å²) in [5.41, 5.74) is -0.0865. The second-order valence-corrected chi connectivity index (χ2v) is 8.54. The highest BCUT2D eigenvalue weighted by molar-refractivity contribution is 7.92. The SMILES string of the molecule is O=C1Nc2ccc(S(=O)(=O)Nc3ccc(C(F)(F)F)cc3)cc2C1=Cc1ccc(CO)o1. The summed E-state index contributed by atoms with van der Waals surface area (Å²) in [6.07, 6.45) is -3.12. The van der Waals surface area contributed by atoms with Crippen molar-refractivity contribution in [3.63, 3.8) is 0 Å². The van der Waals surface area contributed by atoms with Crippen molar-refractivity contribution in [3.05, 3.63) is 77.2 Å². The molecule has 2 heterocycles. The lowest BCUT2D eigenvalue weighted by Crippen LogP contribution is -2.13. The van der Waals surface area contributed by atoms with Crippen molar-refractivity contribution in [1.82, 2.24) is 0 Å². The van der Waals surface area contributed by atoms with Gasteiger partial charge < -0.3 is 14.8 Å². The third-order valence-electron chi connectivity index (χ3n) is 4.67. The Kier molecular flexibility index (Phi) is 5.31. The van der Waals surface area contributed by atoms with E-state index in [0.29, 0.717) is 22.8 Å². The fourth-order valence-corrected chi connectivity index (χ4v) is 4.20. The number of sulfonamides is 1. The summed E-state index contributed by atoms with van der Waals surface area (Å²) in [5, 5.41) is 11.7. The summed E-state index contributed by atoms with van der Waals surface area (Å²) in [7, 11) is -4.15. The zero-order valence-corrected chi connectivity index (χ0v) is 16.9. The predicted molar refractivity (Wildman–Crippen MR) is 110 cm³/mol. The van der Waals surface area contributed by atoms with Gasteiger partial charge in [-0.1, -0.05) is 0 Å². The number of nitrogens with one attached hydrogen (secondary N) is 2. The molecule has 0 bridgehead atoms. The fraction of sp³-hybridized carbons (Fsp3) is 0.0952. The van der Waals surface area contributed by atoms with Gasteiger partial charge in [0, 0.05) is 16.9 Å². The fourth-order valence-electron chi connectivity index (χ4n) is 3.12. The van der Waals surface area contributed by atoms with Gasteiger partial charge in [-0.25, -0.2) is 8.42 Å². The molecule has 0 radical (unpaired) electrons. The number of aliphatic hydroxyl groups is 1. The van der Waals surface area contributed by atoms with E-state index in [1.165, 1.54) is 30.3 Å². The van der Waals surface area contributed by atoms with Gasteiger partial charge in [-0.3, -0.25) is 9.52 Å². The second kappa shape index (κ2) is 7.84. The van der Waals surface area contributed by atoms with Crippen molar-refractivity contribution in [1.29, 1.82) is 0 Å². The van der Waals surface area contributed by atoms with Crippen LogP contribution in [0.3, 0.4) is 0 Å². The molecule has 3 N–H and O–H groups in total. The molecule has 0 saturated heterocycles. The molecule has 1 aromatic heterocycles. The Bertz CT molecular complexity index is 1330. The zero-order valence-electron chi connectivity index (χ0n) is 16.1. The van der Waals surface area contributed by atoms with Crippen molar-refractivity contribution in [3.8, 4) is 0 Å². The first-order valence-corrected chi connectivity index (χ1v) is 10.6. The van der Waals surface area contributed by atoms with Crippen LogP contribution in [0.1, 0.15) is 22.6 Å². The molecule has 32 heavy (non-hydrogen) atoms. The van der Waals surface area contributed by atoms with E-state index in [9.17, 15) is 26.4 Å². The maximum Gasteiger partial charge on any atom is 0.416 e. The monoisotopic (exact) mass is 464 g/mol. The minimum atomic E-state index is -4.54. The van der Waals surface area contributed by atoms with E-state index in [1.807, 2.05) is 0 Å². The summed E-state index contributed by atoms with van der Waals surface area (Å²) in [5.74, 6) is 0.128. The number of rotatable bonds is 5. The first kappa shape index (κ1) is 21.7. The minimum Gasteiger partial charge on any atom is -0.459 e. The molecule has 0 fully saturated rings. The molecule has 0 aliphatic carbocycles. The molecule has 3 aromatic rings. The highest BCUT2D eigenvalue weighted by Crippen LogP contribution is 2.36. The first-order chi connectivity index (χ1) is 15.1. The number of alkyl halides is 3. The van der Waals surface area contributed by atoms with Gasteiger partial charge in [0.1, 0.15) is 18.1 Å². The molecule has 0 saturated carbocycles. The van der Waals surface area contributed by atoms with Crippen LogP contribution >= 0.6 is 0 Å². The molecule has 1 aliphatic rings. The van der Waals surface area contributed by atoms with Gasteiger partial charge in [0.25, 0.3) is 15.9 Å². The van der Waals surface area contributed by atoms with E-state index in [-0.39, 0.29) is 22.8 Å². The number of carbonyl (C=O) groups is 1. The predicted octanol–water partition coefficient (Wildman–Crippen LogP) is 4.08. The normalized spacial score (nSPS) is 15.0. The lowest BCUT2D eigenvalue weighted by atomic mass is 10.1. The number of carbonyl (C=O) groups excluding carboxylic acids is 1. The Labute approximate surface area is 180 Å². The van der Waals surface area contributed by atoms with Crippen LogP contribution in [0, 0.1) is 0 Å². The van der Waals surface area contributed by atoms with Crippen molar-refractivity contribution >= 4 is 39.0 Å². The lowest BCUT2D eigenvalue weighted by molar-refractivity contribution is -0.137. The van der Waals surface area contributed by atoms with Gasteiger partial charge in [-0.15, -0.1) is 0 Å². The summed E-state index contributed by atoms with van der Waals surface area (Å²) in [6.45, 7) is -0.316. The molecule has 7 nitrogen and oxygen atoms in total. The molecule has 166 valence electrons. The van der Waals surface area contributed by atoms with Crippen LogP contribution in [0.5, 0.6) is 0 Å². The van der Waals surface area contributed by atoms with Gasteiger partial charge in [0.05, 0.1) is 16.0 Å². The maximum absolute atomic E-state index is 12.8. The van der Waals surface area contributed by atoms with Crippen LogP contribution in [0.25, 0.3) is 11.6 Å². The topological polar surface area (TPSA) is 109 Å². The quantitative estimate of drug-likeness (QED) is 0.493. The summed E-state index contributed by atoms with van der Waals surface area (Å²) < 4.78 is 71.2. The molecule has 0 spiro atoms. The average molecular weight is 464 g/mol. The van der Waals surface area contributed by atoms with E-state index in [0.717, 1.165) is 24.3 Å². The number of benzene rings is 2. The summed E-state index contributed by atoms with van der Waals surface area (Å²) in [4.78, 5) is 12.2. The first-order valence-electron chi connectivity index (χ1n) is 9.14. The summed E-state index contributed by atoms with van der Waals surface area (Å²) >= 11 is 0.